The SMILES string of the molecule is CCN(C(=O)COc1ccc(C(N)=O)cc1)C(C)c1ccc(F)cc1. The monoisotopic (exact) mass is 344 g/mol. The molecule has 25 heavy (non-hydrogen) atoms. The fraction of sp³-hybridized carbons (Fsp3) is 0.263. The van der Waals surface area contributed by atoms with Gasteiger partial charge < -0.3 is 15.4 Å². The molecule has 2 aromatic carbocycles. The number of carbonyl (C=O) groups is 2. The van der Waals surface area contributed by atoms with Crippen molar-refractivity contribution in [1.82, 2.24) is 4.90 Å². The highest BCUT2D eigenvalue weighted by Gasteiger charge is 2.20. The van der Waals surface area contributed by atoms with Crippen molar-refractivity contribution in [3.8, 4) is 5.75 Å². The van der Waals surface area contributed by atoms with Crippen LogP contribution in [-0.4, -0.2) is 29.9 Å². The topological polar surface area (TPSA) is 72.6 Å². The number of rotatable bonds is 7. The number of nitrogens with two attached hydrogens (primary N) is 1. The van der Waals surface area contributed by atoms with E-state index in [0.29, 0.717) is 17.9 Å². The summed E-state index contributed by atoms with van der Waals surface area (Å²) in [6.07, 6.45) is 0. The number of primary amides is 1. The Labute approximate surface area is 146 Å². The summed E-state index contributed by atoms with van der Waals surface area (Å²) >= 11 is 0. The summed E-state index contributed by atoms with van der Waals surface area (Å²) in [4.78, 5) is 25.1. The largest absolute Gasteiger partial charge is 0.484 e. The number of nitrogens with zero attached hydrogens (tertiary/aromatic N) is 1. The molecule has 1 atom stereocenters. The van der Waals surface area contributed by atoms with Gasteiger partial charge in [-0.25, -0.2) is 4.39 Å². The van der Waals surface area contributed by atoms with Crippen molar-refractivity contribution >= 4 is 11.8 Å². The smallest absolute Gasteiger partial charge is 0.260 e. The van der Waals surface area contributed by atoms with Gasteiger partial charge in [0.15, 0.2) is 6.61 Å². The molecular formula is C19H21FN2O3. The van der Waals surface area contributed by atoms with Gasteiger partial charge in [0.05, 0.1) is 6.04 Å². The molecule has 0 saturated heterocycles. The Morgan fingerprint density at radius 2 is 1.72 bits per heavy atom. The number of hydrogen-bond acceptors (Lipinski definition) is 3. The van der Waals surface area contributed by atoms with Crippen LogP contribution >= 0.6 is 0 Å². The molecular weight excluding hydrogens is 323 g/mol. The first-order valence-electron chi connectivity index (χ1n) is 8.00. The highest BCUT2D eigenvalue weighted by molar-refractivity contribution is 5.92. The van der Waals surface area contributed by atoms with E-state index in [1.807, 2.05) is 13.8 Å². The second-order valence-corrected chi connectivity index (χ2v) is 5.58. The van der Waals surface area contributed by atoms with Gasteiger partial charge in [-0.05, 0) is 55.8 Å². The van der Waals surface area contributed by atoms with Gasteiger partial charge >= 0.3 is 0 Å². The summed E-state index contributed by atoms with van der Waals surface area (Å²) in [5.74, 6) is -0.539. The Morgan fingerprint density at radius 3 is 2.24 bits per heavy atom. The summed E-state index contributed by atoms with van der Waals surface area (Å²) in [5.41, 5.74) is 6.40. The summed E-state index contributed by atoms with van der Waals surface area (Å²) in [5, 5.41) is 0. The first-order valence-corrected chi connectivity index (χ1v) is 8.00. The predicted molar refractivity (Wildman–Crippen MR) is 92.7 cm³/mol. The standard InChI is InChI=1S/C19H21FN2O3/c1-3-22(13(2)14-4-8-16(20)9-5-14)18(23)12-25-17-10-6-15(7-11-17)19(21)24/h4-11,13H,3,12H2,1-2H3,(H2,21,24). The molecule has 0 aliphatic carbocycles. The van der Waals surface area contributed by atoms with Gasteiger partial charge in [0.1, 0.15) is 11.6 Å². The minimum absolute atomic E-state index is 0.130. The molecule has 1 unspecified atom stereocenters. The summed E-state index contributed by atoms with van der Waals surface area (Å²) < 4.78 is 18.5. The van der Waals surface area contributed by atoms with Crippen LogP contribution in [0.4, 0.5) is 4.39 Å². The maximum absolute atomic E-state index is 13.0. The molecule has 6 heteroatoms. The van der Waals surface area contributed by atoms with Crippen LogP contribution in [0.3, 0.4) is 0 Å². The zero-order valence-electron chi connectivity index (χ0n) is 14.2. The number of hydrogen-bond donors (Lipinski definition) is 1. The molecule has 0 radical (unpaired) electrons. The molecule has 2 N–H and O–H groups in total. The van der Waals surface area contributed by atoms with E-state index >= 15 is 0 Å². The van der Waals surface area contributed by atoms with Gasteiger partial charge in [-0.15, -0.1) is 0 Å². The molecule has 5 nitrogen and oxygen atoms in total. The van der Waals surface area contributed by atoms with Gasteiger partial charge in [-0.2, -0.15) is 0 Å². The van der Waals surface area contributed by atoms with Gasteiger partial charge in [0, 0.05) is 12.1 Å². The molecule has 0 fully saturated rings. The Morgan fingerprint density at radius 1 is 1.12 bits per heavy atom. The fourth-order valence-corrected chi connectivity index (χ4v) is 2.53. The van der Waals surface area contributed by atoms with Gasteiger partial charge in [0.25, 0.3) is 5.91 Å². The molecule has 0 aliphatic rings. The molecule has 0 bridgehead atoms. The summed E-state index contributed by atoms with van der Waals surface area (Å²) in [6, 6.07) is 12.2. The Kier molecular flexibility index (Phi) is 6.11. The lowest BCUT2D eigenvalue weighted by molar-refractivity contribution is -0.135. The molecule has 2 aromatic rings. The maximum atomic E-state index is 13.0. The van der Waals surface area contributed by atoms with Crippen LogP contribution in [0.15, 0.2) is 48.5 Å². The zero-order chi connectivity index (χ0) is 18.4. The van der Waals surface area contributed by atoms with Crippen molar-refractivity contribution in [3.63, 3.8) is 0 Å². The fourth-order valence-electron chi connectivity index (χ4n) is 2.53. The van der Waals surface area contributed by atoms with Crippen LogP contribution < -0.4 is 10.5 Å². The Bertz CT molecular complexity index is 729. The van der Waals surface area contributed by atoms with Crippen LogP contribution in [0.1, 0.15) is 35.8 Å². The number of benzene rings is 2. The average Bonchev–Trinajstić information content (AvgIpc) is 2.61. The van der Waals surface area contributed by atoms with E-state index < -0.39 is 5.91 Å². The quantitative estimate of drug-likeness (QED) is 0.839. The number of carbonyl (C=O) groups excluding carboxylic acids is 2. The van der Waals surface area contributed by atoms with Crippen molar-refractivity contribution in [3.05, 3.63) is 65.5 Å². The lowest BCUT2D eigenvalue weighted by atomic mass is 10.1. The van der Waals surface area contributed by atoms with Crippen LogP contribution in [0.5, 0.6) is 5.75 Å². The third-order valence-electron chi connectivity index (χ3n) is 3.98. The first-order chi connectivity index (χ1) is 11.9. The second kappa shape index (κ2) is 8.28. The van der Waals surface area contributed by atoms with Gasteiger partial charge in [-0.1, -0.05) is 12.1 Å². The van der Waals surface area contributed by atoms with E-state index in [9.17, 15) is 14.0 Å². The van der Waals surface area contributed by atoms with E-state index in [2.05, 4.69) is 0 Å². The highest BCUT2D eigenvalue weighted by atomic mass is 19.1. The van der Waals surface area contributed by atoms with E-state index in [0.717, 1.165) is 5.56 Å². The maximum Gasteiger partial charge on any atom is 0.260 e. The molecule has 0 aliphatic heterocycles. The number of amides is 2. The predicted octanol–water partition coefficient (Wildman–Crippen LogP) is 2.91. The first kappa shape index (κ1) is 18.4. The van der Waals surface area contributed by atoms with Crippen molar-refractivity contribution < 1.29 is 18.7 Å². The van der Waals surface area contributed by atoms with Crippen LogP contribution in [0, 0.1) is 5.82 Å². The van der Waals surface area contributed by atoms with E-state index in [1.165, 1.54) is 12.1 Å². The van der Waals surface area contributed by atoms with Crippen molar-refractivity contribution in [1.29, 1.82) is 0 Å². The van der Waals surface area contributed by atoms with Crippen LogP contribution in [0.25, 0.3) is 0 Å². The third-order valence-corrected chi connectivity index (χ3v) is 3.98. The minimum Gasteiger partial charge on any atom is -0.484 e. The van der Waals surface area contributed by atoms with Gasteiger partial charge in [0.2, 0.25) is 5.91 Å². The molecule has 2 amide bonds. The Hall–Kier alpha value is -2.89. The average molecular weight is 344 g/mol. The molecule has 2 rings (SSSR count). The van der Waals surface area contributed by atoms with Crippen LogP contribution in [-0.2, 0) is 4.79 Å². The van der Waals surface area contributed by atoms with Gasteiger partial charge in [-0.3, -0.25) is 9.59 Å². The Balaban J connectivity index is 1.99. The minimum atomic E-state index is -0.520. The van der Waals surface area contributed by atoms with Crippen molar-refractivity contribution in [2.75, 3.05) is 13.2 Å². The third kappa shape index (κ3) is 4.79. The van der Waals surface area contributed by atoms with E-state index in [4.69, 9.17) is 10.5 Å². The number of halogens is 1. The van der Waals surface area contributed by atoms with Crippen molar-refractivity contribution in [2.45, 2.75) is 19.9 Å². The molecule has 0 spiro atoms. The summed E-state index contributed by atoms with van der Waals surface area (Å²) in [7, 11) is 0. The lowest BCUT2D eigenvalue weighted by Gasteiger charge is -2.28. The van der Waals surface area contributed by atoms with Crippen molar-refractivity contribution in [2.24, 2.45) is 5.73 Å². The highest BCUT2D eigenvalue weighted by Crippen LogP contribution is 2.21. The van der Waals surface area contributed by atoms with E-state index in [1.54, 1.807) is 41.3 Å². The van der Waals surface area contributed by atoms with E-state index in [-0.39, 0.29) is 24.4 Å². The van der Waals surface area contributed by atoms with Crippen LogP contribution in [0.2, 0.25) is 0 Å². The molecule has 0 heterocycles. The zero-order valence-corrected chi connectivity index (χ0v) is 14.2. The lowest BCUT2D eigenvalue weighted by Crippen LogP contribution is -2.36. The molecule has 0 saturated carbocycles. The molecule has 132 valence electrons. The number of likely N-dealkylation sites (N-methyl/N-ethyl adjacent to an activating group) is 1. The number of ether oxygens (including phenoxy) is 1. The summed E-state index contributed by atoms with van der Waals surface area (Å²) in [6.45, 7) is 4.13. The molecule has 0 aromatic heterocycles. The second-order valence-electron chi connectivity index (χ2n) is 5.58. The normalized spacial score (nSPS) is 11.6.